The zero-order valence-corrected chi connectivity index (χ0v) is 12.8. The highest BCUT2D eigenvalue weighted by Gasteiger charge is 2.45. The van der Waals surface area contributed by atoms with Gasteiger partial charge in [-0.25, -0.2) is 0 Å². The van der Waals surface area contributed by atoms with Crippen LogP contribution in [-0.2, 0) is 11.2 Å². The van der Waals surface area contributed by atoms with Crippen molar-refractivity contribution in [3.05, 3.63) is 29.3 Å². The molecule has 2 fully saturated rings. The first-order chi connectivity index (χ1) is 10.3. The number of methoxy groups -OCH3 is 1. The molecule has 4 rings (SSSR count). The molecule has 0 aliphatic heterocycles. The zero-order chi connectivity index (χ0) is 14.4. The SMILES string of the molecule is COc1ccc2c(c1)CC[C@H]1[C@H]3CCCC(=O)[C@@H]3CC[C@@H]21. The van der Waals surface area contributed by atoms with Gasteiger partial charge in [0.15, 0.2) is 0 Å². The number of aryl methyl sites for hydroxylation is 1. The number of ketones is 1. The third-order valence-electron chi connectivity index (χ3n) is 6.24. The Morgan fingerprint density at radius 2 is 1.81 bits per heavy atom. The van der Waals surface area contributed by atoms with Gasteiger partial charge in [0.2, 0.25) is 0 Å². The minimum absolute atomic E-state index is 0.389. The number of fused-ring (bicyclic) bond motifs is 5. The maximum Gasteiger partial charge on any atom is 0.136 e. The molecular weight excluding hydrogens is 260 g/mol. The summed E-state index contributed by atoms with van der Waals surface area (Å²) in [5, 5.41) is 0. The number of benzene rings is 1. The summed E-state index contributed by atoms with van der Waals surface area (Å²) in [6, 6.07) is 6.62. The summed E-state index contributed by atoms with van der Waals surface area (Å²) in [5.74, 6) is 4.03. The summed E-state index contributed by atoms with van der Waals surface area (Å²) in [5.41, 5.74) is 3.03. The van der Waals surface area contributed by atoms with E-state index in [2.05, 4.69) is 18.2 Å². The first-order valence-corrected chi connectivity index (χ1v) is 8.47. The zero-order valence-electron chi connectivity index (χ0n) is 12.8. The summed E-state index contributed by atoms with van der Waals surface area (Å²) < 4.78 is 5.37. The first-order valence-electron chi connectivity index (χ1n) is 8.47. The molecule has 3 aliphatic carbocycles. The maximum absolute atomic E-state index is 12.2. The molecule has 1 aromatic carbocycles. The number of carbonyl (C=O) groups is 1. The summed E-state index contributed by atoms with van der Waals surface area (Å²) in [6.07, 6.45) is 7.99. The van der Waals surface area contributed by atoms with Crippen LogP contribution in [0.25, 0.3) is 0 Å². The molecule has 2 heteroatoms. The lowest BCUT2D eigenvalue weighted by molar-refractivity contribution is -0.130. The highest BCUT2D eigenvalue weighted by molar-refractivity contribution is 5.82. The van der Waals surface area contributed by atoms with Crippen LogP contribution < -0.4 is 4.74 Å². The van der Waals surface area contributed by atoms with Crippen LogP contribution in [-0.4, -0.2) is 12.9 Å². The van der Waals surface area contributed by atoms with Crippen molar-refractivity contribution in [2.45, 2.75) is 50.9 Å². The van der Waals surface area contributed by atoms with Crippen LogP contribution in [0.4, 0.5) is 0 Å². The van der Waals surface area contributed by atoms with Crippen molar-refractivity contribution < 1.29 is 9.53 Å². The fourth-order valence-electron chi connectivity index (χ4n) is 5.31. The van der Waals surface area contributed by atoms with Gasteiger partial charge >= 0.3 is 0 Å². The first kappa shape index (κ1) is 13.4. The Balaban J connectivity index is 1.66. The van der Waals surface area contributed by atoms with Gasteiger partial charge in [-0.3, -0.25) is 4.79 Å². The van der Waals surface area contributed by atoms with Crippen molar-refractivity contribution in [2.75, 3.05) is 7.11 Å². The molecule has 3 aliphatic rings. The quantitative estimate of drug-likeness (QED) is 0.775. The van der Waals surface area contributed by atoms with Crippen molar-refractivity contribution in [1.29, 1.82) is 0 Å². The van der Waals surface area contributed by atoms with Crippen molar-refractivity contribution in [3.8, 4) is 5.75 Å². The van der Waals surface area contributed by atoms with E-state index in [1.165, 1.54) is 24.8 Å². The molecule has 0 N–H and O–H groups in total. The van der Waals surface area contributed by atoms with E-state index >= 15 is 0 Å². The van der Waals surface area contributed by atoms with Gasteiger partial charge in [0, 0.05) is 12.3 Å². The van der Waals surface area contributed by atoms with Crippen LogP contribution in [0.15, 0.2) is 18.2 Å². The van der Waals surface area contributed by atoms with E-state index in [0.717, 1.165) is 37.4 Å². The van der Waals surface area contributed by atoms with Crippen LogP contribution in [0.2, 0.25) is 0 Å². The van der Waals surface area contributed by atoms with Crippen LogP contribution >= 0.6 is 0 Å². The average molecular weight is 284 g/mol. The van der Waals surface area contributed by atoms with E-state index in [0.29, 0.717) is 23.5 Å². The molecule has 0 spiro atoms. The van der Waals surface area contributed by atoms with Gasteiger partial charge in [-0.15, -0.1) is 0 Å². The molecule has 0 bridgehead atoms. The van der Waals surface area contributed by atoms with Gasteiger partial charge in [0.25, 0.3) is 0 Å². The monoisotopic (exact) mass is 284 g/mol. The third-order valence-corrected chi connectivity index (χ3v) is 6.24. The largest absolute Gasteiger partial charge is 0.497 e. The van der Waals surface area contributed by atoms with Crippen molar-refractivity contribution in [1.82, 2.24) is 0 Å². The van der Waals surface area contributed by atoms with Crippen molar-refractivity contribution in [3.63, 3.8) is 0 Å². The Labute approximate surface area is 126 Å². The molecule has 112 valence electrons. The molecule has 0 aromatic heterocycles. The predicted octanol–water partition coefficient (Wildman–Crippen LogP) is 4.12. The highest BCUT2D eigenvalue weighted by Crippen LogP contribution is 2.53. The molecule has 0 saturated heterocycles. The number of hydrogen-bond donors (Lipinski definition) is 0. The number of hydrogen-bond acceptors (Lipinski definition) is 2. The smallest absolute Gasteiger partial charge is 0.136 e. The summed E-state index contributed by atoms with van der Waals surface area (Å²) in [4.78, 5) is 12.2. The second-order valence-corrected chi connectivity index (χ2v) is 7.08. The molecule has 2 saturated carbocycles. The normalized spacial score (nSPS) is 34.6. The number of carbonyl (C=O) groups excluding carboxylic acids is 1. The van der Waals surface area contributed by atoms with Gasteiger partial charge in [-0.2, -0.15) is 0 Å². The predicted molar refractivity (Wildman–Crippen MR) is 82.6 cm³/mol. The van der Waals surface area contributed by atoms with Gasteiger partial charge < -0.3 is 4.74 Å². The topological polar surface area (TPSA) is 26.3 Å². The van der Waals surface area contributed by atoms with E-state index in [9.17, 15) is 4.79 Å². The lowest BCUT2D eigenvalue weighted by Crippen LogP contribution is -2.41. The van der Waals surface area contributed by atoms with E-state index in [1.807, 2.05) is 0 Å². The summed E-state index contributed by atoms with van der Waals surface area (Å²) >= 11 is 0. The van der Waals surface area contributed by atoms with Crippen LogP contribution in [0.5, 0.6) is 5.75 Å². The molecule has 4 atom stereocenters. The number of Topliss-reactive ketones (excluding diaryl/α,β-unsaturated/α-hetero) is 1. The Kier molecular flexibility index (Phi) is 3.28. The minimum Gasteiger partial charge on any atom is -0.497 e. The molecule has 0 heterocycles. The highest BCUT2D eigenvalue weighted by atomic mass is 16.5. The minimum atomic E-state index is 0.389. The molecular formula is C19H24O2. The van der Waals surface area contributed by atoms with Crippen LogP contribution in [0.3, 0.4) is 0 Å². The standard InChI is InChI=1S/C19H24O2/c1-21-13-6-8-14-12(11-13)5-7-17-15-3-2-4-19(20)18(15)10-9-16(14)17/h6,8,11,15-18H,2-5,7,9-10H2,1H3/t15-,16+,17+,18-/m1/s1. The van der Waals surface area contributed by atoms with Crippen LogP contribution in [0, 0.1) is 17.8 Å². The second kappa shape index (κ2) is 5.15. The fraction of sp³-hybridized carbons (Fsp3) is 0.632. The van der Waals surface area contributed by atoms with Crippen molar-refractivity contribution in [2.24, 2.45) is 17.8 Å². The Bertz CT molecular complexity index is 563. The second-order valence-electron chi connectivity index (χ2n) is 7.08. The van der Waals surface area contributed by atoms with Gasteiger partial charge in [-0.1, -0.05) is 6.07 Å². The molecule has 1 aromatic rings. The Morgan fingerprint density at radius 3 is 2.67 bits per heavy atom. The molecule has 0 radical (unpaired) electrons. The van der Waals surface area contributed by atoms with E-state index in [1.54, 1.807) is 12.7 Å². The number of ether oxygens (including phenoxy) is 1. The average Bonchev–Trinajstić information content (AvgIpc) is 2.54. The third kappa shape index (κ3) is 2.11. The maximum atomic E-state index is 12.2. The summed E-state index contributed by atoms with van der Waals surface area (Å²) in [7, 11) is 1.74. The van der Waals surface area contributed by atoms with Gasteiger partial charge in [0.1, 0.15) is 11.5 Å². The molecule has 0 amide bonds. The lowest BCUT2D eigenvalue weighted by Gasteiger charge is -2.47. The van der Waals surface area contributed by atoms with Gasteiger partial charge in [-0.05, 0) is 79.5 Å². The van der Waals surface area contributed by atoms with E-state index in [-0.39, 0.29) is 0 Å². The van der Waals surface area contributed by atoms with E-state index in [4.69, 9.17) is 4.74 Å². The fourth-order valence-corrected chi connectivity index (χ4v) is 5.31. The number of rotatable bonds is 1. The Hall–Kier alpha value is -1.31. The molecule has 21 heavy (non-hydrogen) atoms. The summed E-state index contributed by atoms with van der Waals surface area (Å²) in [6.45, 7) is 0. The van der Waals surface area contributed by atoms with E-state index < -0.39 is 0 Å². The van der Waals surface area contributed by atoms with Crippen molar-refractivity contribution >= 4 is 5.78 Å². The Morgan fingerprint density at radius 1 is 1.00 bits per heavy atom. The van der Waals surface area contributed by atoms with Gasteiger partial charge in [0.05, 0.1) is 7.11 Å². The molecule has 0 unspecified atom stereocenters. The molecule has 2 nitrogen and oxygen atoms in total. The lowest BCUT2D eigenvalue weighted by atomic mass is 9.56. The van der Waals surface area contributed by atoms with Crippen LogP contribution in [0.1, 0.15) is 55.6 Å².